The smallest absolute Gasteiger partial charge is 0.145 e. The molecule has 2 aliphatic heterocycles. The third-order valence-corrected chi connectivity index (χ3v) is 12.6. The number of para-hydroxylation sites is 4. The van der Waals surface area contributed by atoms with Crippen LogP contribution in [0.2, 0.25) is 0 Å². The van der Waals surface area contributed by atoms with Gasteiger partial charge in [0.15, 0.2) is 0 Å². The van der Waals surface area contributed by atoms with E-state index in [1.807, 2.05) is 0 Å². The number of rotatable bonds is 4. The standard InChI is InChI=1S/C40H20N6S4/c41-21-47-39-40(48-22-42)44-37-25-20-30(45-26-12-1-5-16-31(26)49-32-17-6-2-13-27(32)45)38(24-11-9-10-23(35(24)25)36(37)43-39)46-28-14-3-7-18-33(28)50-34-19-8-4-15-29(34)46/h1-20H. The van der Waals surface area contributed by atoms with Crippen LogP contribution >= 0.6 is 47.0 Å². The molecule has 6 aromatic carbocycles. The molecule has 0 bridgehead atoms. The zero-order chi connectivity index (χ0) is 33.3. The summed E-state index contributed by atoms with van der Waals surface area (Å²) in [4.78, 5) is 19.6. The minimum Gasteiger partial charge on any atom is -0.306 e. The van der Waals surface area contributed by atoms with Crippen LogP contribution in [0.15, 0.2) is 151 Å². The highest BCUT2D eigenvalue weighted by Crippen LogP contribution is 2.61. The minimum absolute atomic E-state index is 0.436. The van der Waals surface area contributed by atoms with Crippen molar-refractivity contribution in [3.63, 3.8) is 0 Å². The van der Waals surface area contributed by atoms with Crippen molar-refractivity contribution in [2.75, 3.05) is 9.80 Å². The quantitative estimate of drug-likeness (QED) is 0.130. The van der Waals surface area contributed by atoms with Crippen LogP contribution in [-0.4, -0.2) is 9.97 Å². The minimum atomic E-state index is 0.436. The monoisotopic (exact) mass is 712 g/mol. The highest BCUT2D eigenvalue weighted by Gasteiger charge is 2.36. The van der Waals surface area contributed by atoms with Crippen molar-refractivity contribution >= 4 is 91.9 Å². The molecule has 0 amide bonds. The van der Waals surface area contributed by atoms with E-state index in [0.29, 0.717) is 15.7 Å². The number of fused-ring (bicyclic) bond motifs is 7. The van der Waals surface area contributed by atoms with E-state index in [1.165, 1.54) is 19.6 Å². The lowest BCUT2D eigenvalue weighted by Crippen LogP contribution is -2.21. The van der Waals surface area contributed by atoms with Crippen LogP contribution in [0.3, 0.4) is 0 Å². The summed E-state index contributed by atoms with van der Waals surface area (Å²) in [7, 11) is 0. The van der Waals surface area contributed by atoms with Crippen LogP contribution in [0, 0.1) is 21.3 Å². The molecule has 234 valence electrons. The number of thiocyanates is 2. The summed E-state index contributed by atoms with van der Waals surface area (Å²) in [5, 5.41) is 26.5. The first-order chi connectivity index (χ1) is 24.7. The Hall–Kier alpha value is -5.36. The molecule has 0 fully saturated rings. The van der Waals surface area contributed by atoms with Gasteiger partial charge in [0.2, 0.25) is 0 Å². The van der Waals surface area contributed by atoms with E-state index in [4.69, 9.17) is 9.97 Å². The lowest BCUT2D eigenvalue weighted by molar-refractivity contribution is 0.943. The second-order valence-electron chi connectivity index (χ2n) is 11.7. The molecule has 0 saturated heterocycles. The van der Waals surface area contributed by atoms with E-state index in [1.54, 1.807) is 23.5 Å². The largest absolute Gasteiger partial charge is 0.306 e. The van der Waals surface area contributed by atoms with Crippen molar-refractivity contribution in [2.24, 2.45) is 0 Å². The Morgan fingerprint density at radius 2 is 0.960 bits per heavy atom. The third kappa shape index (κ3) is 4.33. The number of nitriles is 2. The molecule has 10 rings (SSSR count). The molecule has 0 spiro atoms. The van der Waals surface area contributed by atoms with Gasteiger partial charge in [-0.25, -0.2) is 9.97 Å². The summed E-state index contributed by atoms with van der Waals surface area (Å²) in [6, 6.07) is 43.0. The van der Waals surface area contributed by atoms with Crippen LogP contribution < -0.4 is 9.80 Å². The van der Waals surface area contributed by atoms with Crippen molar-refractivity contribution in [3.05, 3.63) is 121 Å². The van der Waals surface area contributed by atoms with Gasteiger partial charge in [0.1, 0.15) is 20.9 Å². The van der Waals surface area contributed by atoms with Gasteiger partial charge in [-0.2, -0.15) is 10.5 Å². The normalized spacial score (nSPS) is 13.1. The second-order valence-corrected chi connectivity index (χ2v) is 15.4. The first kappa shape index (κ1) is 29.5. The van der Waals surface area contributed by atoms with Gasteiger partial charge in [-0.15, -0.1) is 0 Å². The highest BCUT2D eigenvalue weighted by atomic mass is 32.2. The van der Waals surface area contributed by atoms with E-state index in [0.717, 1.165) is 85.2 Å². The van der Waals surface area contributed by atoms with Gasteiger partial charge < -0.3 is 9.80 Å². The van der Waals surface area contributed by atoms with E-state index in [-0.39, 0.29) is 0 Å². The molecule has 1 aliphatic carbocycles. The van der Waals surface area contributed by atoms with Crippen LogP contribution in [0.5, 0.6) is 0 Å². The number of nitrogens with zero attached hydrogens (tertiary/aromatic N) is 6. The van der Waals surface area contributed by atoms with E-state index in [9.17, 15) is 10.5 Å². The van der Waals surface area contributed by atoms with E-state index >= 15 is 0 Å². The second kappa shape index (κ2) is 11.6. The molecule has 0 N–H and O–H groups in total. The summed E-state index contributed by atoms with van der Waals surface area (Å²) >= 11 is 5.44. The molecule has 3 heterocycles. The molecule has 0 saturated carbocycles. The maximum atomic E-state index is 9.67. The maximum Gasteiger partial charge on any atom is 0.145 e. The van der Waals surface area contributed by atoms with Crippen LogP contribution in [-0.2, 0) is 0 Å². The summed E-state index contributed by atoms with van der Waals surface area (Å²) < 4.78 is 0. The average Bonchev–Trinajstić information content (AvgIpc) is 3.46. The molecule has 1 aromatic heterocycles. The van der Waals surface area contributed by atoms with E-state index < -0.39 is 0 Å². The number of benzene rings is 6. The summed E-state index contributed by atoms with van der Waals surface area (Å²) in [6.07, 6.45) is 0. The lowest BCUT2D eigenvalue weighted by Gasteiger charge is -2.39. The van der Waals surface area contributed by atoms with Crippen molar-refractivity contribution in [1.29, 1.82) is 10.5 Å². The Morgan fingerprint density at radius 3 is 1.46 bits per heavy atom. The number of hydrogen-bond acceptors (Lipinski definition) is 10. The SMILES string of the molecule is N#CSc1nc2c(nc1SC#N)-c1cc(N3c4ccccc4Sc4ccccc43)c(N3c4ccccc4Sc4ccccc43)c3cccc-2c13. The molecule has 0 unspecified atom stereocenters. The predicted molar refractivity (Wildman–Crippen MR) is 205 cm³/mol. The summed E-state index contributed by atoms with van der Waals surface area (Å²) in [5.74, 6) is 0. The van der Waals surface area contributed by atoms with Crippen molar-refractivity contribution in [1.82, 2.24) is 9.97 Å². The molecule has 0 atom stereocenters. The maximum absolute atomic E-state index is 9.67. The molecule has 10 heteroatoms. The van der Waals surface area contributed by atoms with Gasteiger partial charge in [-0.05, 0) is 54.6 Å². The zero-order valence-corrected chi connectivity index (χ0v) is 29.1. The van der Waals surface area contributed by atoms with Gasteiger partial charge in [0.25, 0.3) is 0 Å². The average molecular weight is 713 g/mol. The van der Waals surface area contributed by atoms with E-state index in [2.05, 4.69) is 142 Å². The molecule has 6 nitrogen and oxygen atoms in total. The Kier molecular flexibility index (Phi) is 6.87. The van der Waals surface area contributed by atoms with Gasteiger partial charge >= 0.3 is 0 Å². The molecule has 0 radical (unpaired) electrons. The zero-order valence-electron chi connectivity index (χ0n) is 25.9. The molecule has 3 aliphatic rings. The fraction of sp³-hybridized carbons (Fsp3) is 0. The summed E-state index contributed by atoms with van der Waals surface area (Å²) in [5.41, 5.74) is 9.81. The van der Waals surface area contributed by atoms with Gasteiger partial charge in [-0.3, -0.25) is 0 Å². The Labute approximate surface area is 304 Å². The third-order valence-electron chi connectivity index (χ3n) is 9.07. The van der Waals surface area contributed by atoms with Gasteiger partial charge in [0, 0.05) is 65.0 Å². The van der Waals surface area contributed by atoms with Crippen molar-refractivity contribution in [2.45, 2.75) is 29.6 Å². The number of anilines is 6. The van der Waals surface area contributed by atoms with Crippen LogP contribution in [0.4, 0.5) is 34.1 Å². The molecular formula is C40H20N6S4. The fourth-order valence-corrected chi connectivity index (χ4v) is 10.2. The van der Waals surface area contributed by atoms with Crippen molar-refractivity contribution < 1.29 is 0 Å². The fourth-order valence-electron chi connectivity index (χ4n) is 7.15. The first-order valence-corrected chi connectivity index (χ1v) is 19.0. The molecular weight excluding hydrogens is 693 g/mol. The molecule has 50 heavy (non-hydrogen) atoms. The van der Waals surface area contributed by atoms with Gasteiger partial charge in [0.05, 0.1) is 45.5 Å². The van der Waals surface area contributed by atoms with Crippen LogP contribution in [0.1, 0.15) is 0 Å². The Bertz CT molecular complexity index is 2590. The predicted octanol–water partition coefficient (Wildman–Crippen LogP) is 12.3. The highest BCUT2D eigenvalue weighted by molar-refractivity contribution is 8.06. The topological polar surface area (TPSA) is 79.8 Å². The molecule has 7 aromatic rings. The Morgan fingerprint density at radius 1 is 0.500 bits per heavy atom. The van der Waals surface area contributed by atoms with Gasteiger partial charge in [-0.1, -0.05) is 90.3 Å². The first-order valence-electron chi connectivity index (χ1n) is 15.7. The van der Waals surface area contributed by atoms with Crippen molar-refractivity contribution in [3.8, 4) is 33.3 Å². The number of thioether (sulfide) groups is 2. The Balaban J connectivity index is 1.36. The summed E-state index contributed by atoms with van der Waals surface area (Å²) in [6.45, 7) is 0. The lowest BCUT2D eigenvalue weighted by atomic mass is 9.97. The number of hydrogen-bond donors (Lipinski definition) is 0. The number of aromatic nitrogens is 2. The van der Waals surface area contributed by atoms with Crippen LogP contribution in [0.25, 0.3) is 33.3 Å².